The molecule has 5 nitrogen and oxygen atoms in total. The number of rotatable bonds is 5. The van der Waals surface area contributed by atoms with Crippen LogP contribution in [0.4, 0.5) is 4.79 Å². The van der Waals surface area contributed by atoms with Gasteiger partial charge < -0.3 is 20.1 Å². The fourth-order valence-corrected chi connectivity index (χ4v) is 4.33. The van der Waals surface area contributed by atoms with Gasteiger partial charge in [-0.15, -0.1) is 0 Å². The highest BCUT2D eigenvalue weighted by Gasteiger charge is 2.35. The van der Waals surface area contributed by atoms with Gasteiger partial charge in [-0.3, -0.25) is 0 Å². The molecule has 2 atom stereocenters. The van der Waals surface area contributed by atoms with Crippen molar-refractivity contribution < 1.29 is 14.3 Å². The molecule has 0 unspecified atom stereocenters. The van der Waals surface area contributed by atoms with E-state index in [9.17, 15) is 4.79 Å². The maximum absolute atomic E-state index is 12.7. The Kier molecular flexibility index (Phi) is 7.13. The van der Waals surface area contributed by atoms with Crippen LogP contribution in [0.3, 0.4) is 0 Å². The number of carbonyl (C=O) groups excluding carboxylic acids is 1. The first-order chi connectivity index (χ1) is 13.0. The average molecular weight is 375 g/mol. The van der Waals surface area contributed by atoms with Crippen LogP contribution in [-0.4, -0.2) is 42.3 Å². The summed E-state index contributed by atoms with van der Waals surface area (Å²) in [4.78, 5) is 14.4. The van der Waals surface area contributed by atoms with Gasteiger partial charge in [-0.05, 0) is 62.5 Å². The molecule has 0 bridgehead atoms. The number of piperidine rings is 1. The second kappa shape index (κ2) is 9.56. The van der Waals surface area contributed by atoms with Crippen LogP contribution in [0.5, 0.6) is 5.75 Å². The number of likely N-dealkylation sites (tertiary alicyclic amines) is 1. The van der Waals surface area contributed by atoms with Crippen molar-refractivity contribution in [3.05, 3.63) is 30.3 Å². The summed E-state index contributed by atoms with van der Waals surface area (Å²) in [7, 11) is 0. The quantitative estimate of drug-likeness (QED) is 0.838. The summed E-state index contributed by atoms with van der Waals surface area (Å²) < 4.78 is 11.8. The zero-order chi connectivity index (χ0) is 19.2. The van der Waals surface area contributed by atoms with Gasteiger partial charge in [-0.1, -0.05) is 32.0 Å². The summed E-state index contributed by atoms with van der Waals surface area (Å²) in [6, 6.07) is 9.03. The number of carbonyl (C=O) groups is 1. The summed E-state index contributed by atoms with van der Waals surface area (Å²) in [5.41, 5.74) is 6.35. The number of nitrogens with two attached hydrogens (primary N) is 1. The van der Waals surface area contributed by atoms with Crippen LogP contribution in [0.1, 0.15) is 52.4 Å². The van der Waals surface area contributed by atoms with E-state index in [-0.39, 0.29) is 18.2 Å². The third-order valence-corrected chi connectivity index (χ3v) is 6.18. The fourth-order valence-electron chi connectivity index (χ4n) is 4.33. The van der Waals surface area contributed by atoms with E-state index in [0.29, 0.717) is 25.0 Å². The Labute approximate surface area is 163 Å². The lowest BCUT2D eigenvalue weighted by Gasteiger charge is -2.40. The summed E-state index contributed by atoms with van der Waals surface area (Å²) in [5, 5.41) is 0. The molecule has 1 heterocycles. The molecule has 3 rings (SSSR count). The van der Waals surface area contributed by atoms with E-state index in [4.69, 9.17) is 15.2 Å². The van der Waals surface area contributed by atoms with Gasteiger partial charge in [0.15, 0.2) is 0 Å². The SMILES string of the molecule is CC(C)C1CCC(OC[C@H]2[C@@H](N)CCCN2C(=O)Oc2ccccc2)CC1. The Hall–Kier alpha value is -1.59. The van der Waals surface area contributed by atoms with Crippen LogP contribution in [0.15, 0.2) is 30.3 Å². The van der Waals surface area contributed by atoms with Gasteiger partial charge in [0.1, 0.15) is 5.75 Å². The van der Waals surface area contributed by atoms with Gasteiger partial charge in [0, 0.05) is 12.6 Å². The van der Waals surface area contributed by atoms with Crippen molar-refractivity contribution in [3.63, 3.8) is 0 Å². The predicted octanol–water partition coefficient (Wildman–Crippen LogP) is 4.21. The second-order valence-electron chi connectivity index (χ2n) is 8.36. The maximum Gasteiger partial charge on any atom is 0.415 e. The van der Waals surface area contributed by atoms with Crippen LogP contribution in [0.25, 0.3) is 0 Å². The largest absolute Gasteiger partial charge is 0.415 e. The zero-order valence-corrected chi connectivity index (χ0v) is 16.7. The Morgan fingerprint density at radius 1 is 1.15 bits per heavy atom. The molecule has 1 aromatic rings. The molecule has 0 spiro atoms. The molecule has 27 heavy (non-hydrogen) atoms. The molecule has 150 valence electrons. The van der Waals surface area contributed by atoms with Gasteiger partial charge >= 0.3 is 6.09 Å². The second-order valence-corrected chi connectivity index (χ2v) is 8.36. The molecule has 2 fully saturated rings. The minimum atomic E-state index is -0.325. The highest BCUT2D eigenvalue weighted by Crippen LogP contribution is 2.31. The molecule has 1 saturated heterocycles. The first kappa shape index (κ1) is 20.2. The molecule has 1 amide bonds. The van der Waals surface area contributed by atoms with Crippen molar-refractivity contribution in [2.24, 2.45) is 17.6 Å². The van der Waals surface area contributed by atoms with Gasteiger partial charge in [0.05, 0.1) is 18.8 Å². The van der Waals surface area contributed by atoms with Crippen molar-refractivity contribution in [2.75, 3.05) is 13.2 Å². The minimum Gasteiger partial charge on any atom is -0.410 e. The number of hydrogen-bond acceptors (Lipinski definition) is 4. The van der Waals surface area contributed by atoms with Crippen molar-refractivity contribution in [1.29, 1.82) is 0 Å². The van der Waals surface area contributed by atoms with Crippen LogP contribution >= 0.6 is 0 Å². The van der Waals surface area contributed by atoms with Crippen LogP contribution in [-0.2, 0) is 4.74 Å². The van der Waals surface area contributed by atoms with E-state index in [2.05, 4.69) is 13.8 Å². The average Bonchev–Trinajstić information content (AvgIpc) is 2.68. The fraction of sp³-hybridized carbons (Fsp3) is 0.682. The van der Waals surface area contributed by atoms with E-state index >= 15 is 0 Å². The molecule has 1 saturated carbocycles. The van der Waals surface area contributed by atoms with Gasteiger partial charge in [-0.2, -0.15) is 0 Å². The molecule has 2 N–H and O–H groups in total. The summed E-state index contributed by atoms with van der Waals surface area (Å²) in [6.45, 7) is 5.79. The van der Waals surface area contributed by atoms with E-state index in [1.807, 2.05) is 18.2 Å². The van der Waals surface area contributed by atoms with Crippen molar-refractivity contribution in [3.8, 4) is 5.75 Å². The molecular weight excluding hydrogens is 340 g/mol. The van der Waals surface area contributed by atoms with Crippen LogP contribution in [0.2, 0.25) is 0 Å². The third kappa shape index (κ3) is 5.45. The molecule has 1 aromatic carbocycles. The van der Waals surface area contributed by atoms with Gasteiger partial charge in [-0.25, -0.2) is 4.79 Å². The number of amides is 1. The van der Waals surface area contributed by atoms with Gasteiger partial charge in [0.2, 0.25) is 0 Å². The number of hydrogen-bond donors (Lipinski definition) is 1. The van der Waals surface area contributed by atoms with Crippen molar-refractivity contribution in [2.45, 2.75) is 70.6 Å². The highest BCUT2D eigenvalue weighted by atomic mass is 16.6. The lowest BCUT2D eigenvalue weighted by Crippen LogP contribution is -2.57. The summed E-state index contributed by atoms with van der Waals surface area (Å²) in [6.07, 6.45) is 6.48. The smallest absolute Gasteiger partial charge is 0.410 e. The van der Waals surface area contributed by atoms with E-state index in [1.165, 1.54) is 12.8 Å². The monoisotopic (exact) mass is 374 g/mol. The number of para-hydroxylation sites is 1. The topological polar surface area (TPSA) is 64.8 Å². The zero-order valence-electron chi connectivity index (χ0n) is 16.7. The summed E-state index contributed by atoms with van der Waals surface area (Å²) in [5.74, 6) is 2.13. The Bertz CT molecular complexity index is 584. The van der Waals surface area contributed by atoms with Crippen LogP contribution in [0, 0.1) is 11.8 Å². The third-order valence-electron chi connectivity index (χ3n) is 6.18. The molecule has 2 aliphatic rings. The lowest BCUT2D eigenvalue weighted by molar-refractivity contribution is -0.0264. The lowest BCUT2D eigenvalue weighted by atomic mass is 9.80. The molecule has 1 aliphatic heterocycles. The van der Waals surface area contributed by atoms with Crippen molar-refractivity contribution >= 4 is 6.09 Å². The molecule has 1 aliphatic carbocycles. The first-order valence-corrected chi connectivity index (χ1v) is 10.4. The number of benzene rings is 1. The first-order valence-electron chi connectivity index (χ1n) is 10.4. The Morgan fingerprint density at radius 2 is 1.85 bits per heavy atom. The molecule has 0 radical (unpaired) electrons. The predicted molar refractivity (Wildman–Crippen MR) is 107 cm³/mol. The standard InChI is InChI=1S/C22H34N2O3/c1-16(2)17-10-12-18(13-11-17)26-15-21-20(23)9-6-14-24(21)22(25)27-19-7-4-3-5-8-19/h3-5,7-8,16-18,20-21H,6,9-15,23H2,1-2H3/t17?,18?,20-,21-/m0/s1. The maximum atomic E-state index is 12.7. The van der Waals surface area contributed by atoms with Gasteiger partial charge in [0.25, 0.3) is 0 Å². The van der Waals surface area contributed by atoms with E-state index in [1.54, 1.807) is 17.0 Å². The Morgan fingerprint density at radius 3 is 2.52 bits per heavy atom. The van der Waals surface area contributed by atoms with E-state index < -0.39 is 0 Å². The number of ether oxygens (including phenoxy) is 2. The Balaban J connectivity index is 1.54. The molecule has 0 aromatic heterocycles. The summed E-state index contributed by atoms with van der Waals surface area (Å²) >= 11 is 0. The molecular formula is C22H34N2O3. The molecule has 5 heteroatoms. The number of nitrogens with zero attached hydrogens (tertiary/aromatic N) is 1. The minimum absolute atomic E-state index is 0.0610. The highest BCUT2D eigenvalue weighted by molar-refractivity contribution is 5.71. The van der Waals surface area contributed by atoms with Crippen molar-refractivity contribution in [1.82, 2.24) is 4.90 Å². The normalized spacial score (nSPS) is 29.0. The van der Waals surface area contributed by atoms with Crippen LogP contribution < -0.4 is 10.5 Å². The van der Waals surface area contributed by atoms with E-state index in [0.717, 1.165) is 37.5 Å².